The van der Waals surface area contributed by atoms with Crippen molar-refractivity contribution in [3.63, 3.8) is 0 Å². The highest BCUT2D eigenvalue weighted by Gasteiger charge is 2.13. The molecule has 1 heterocycles. The number of fused-ring (bicyclic) bond motifs is 1. The summed E-state index contributed by atoms with van der Waals surface area (Å²) in [6, 6.07) is 21.2. The zero-order chi connectivity index (χ0) is 23.0. The predicted octanol–water partition coefficient (Wildman–Crippen LogP) is 5.00. The Hall–Kier alpha value is -3.43. The van der Waals surface area contributed by atoms with Crippen molar-refractivity contribution in [1.82, 2.24) is 10.2 Å². The number of nitrogens with one attached hydrogen (secondary N) is 2. The number of benzene rings is 3. The van der Waals surface area contributed by atoms with Gasteiger partial charge in [-0.05, 0) is 35.4 Å². The van der Waals surface area contributed by atoms with Crippen molar-refractivity contribution in [2.75, 3.05) is 23.0 Å². The van der Waals surface area contributed by atoms with Crippen LogP contribution >= 0.6 is 23.1 Å². The molecule has 9 heteroatoms. The Kier molecular flexibility index (Phi) is 7.54. The zero-order valence-corrected chi connectivity index (χ0v) is 19.5. The first kappa shape index (κ1) is 22.8. The largest absolute Gasteiger partial charge is 0.492 e. The maximum atomic E-state index is 12.5. The molecule has 0 aliphatic rings. The number of nitrogens with zero attached hydrogens (tertiary/aromatic N) is 2. The molecule has 0 aliphatic heterocycles. The number of thioether (sulfide) groups is 1. The highest BCUT2D eigenvalue weighted by Crippen LogP contribution is 2.27. The van der Waals surface area contributed by atoms with Gasteiger partial charge in [-0.15, -0.1) is 10.2 Å². The minimum absolute atomic E-state index is 0.163. The minimum atomic E-state index is -0.177. The second kappa shape index (κ2) is 10.9. The maximum absolute atomic E-state index is 12.5. The van der Waals surface area contributed by atoms with E-state index in [2.05, 4.69) is 20.8 Å². The Labute approximate surface area is 199 Å². The standard InChI is InChI=1S/C24H22N4O3S2/c1-2-31-20-13-6-5-12-19(20)25-22(30)15-32-24-28-27-23(33-24)26-21(29)14-17-10-7-9-16-8-3-4-11-18(16)17/h3-13H,2,14-15H2,1H3,(H,25,30)(H,26,27,29). The molecule has 0 atom stereocenters. The van der Waals surface area contributed by atoms with Crippen LogP contribution < -0.4 is 15.4 Å². The third-order valence-electron chi connectivity index (χ3n) is 4.67. The third kappa shape index (κ3) is 6.09. The van der Waals surface area contributed by atoms with Gasteiger partial charge in [0.15, 0.2) is 4.34 Å². The lowest BCUT2D eigenvalue weighted by Gasteiger charge is -2.10. The molecule has 0 fully saturated rings. The number of carbonyl (C=O) groups is 2. The van der Waals surface area contributed by atoms with Crippen LogP contribution in [0.25, 0.3) is 10.8 Å². The van der Waals surface area contributed by atoms with Crippen LogP contribution in [0.2, 0.25) is 0 Å². The summed E-state index contributed by atoms with van der Waals surface area (Å²) in [7, 11) is 0. The van der Waals surface area contributed by atoms with E-state index >= 15 is 0 Å². The van der Waals surface area contributed by atoms with E-state index in [1.54, 1.807) is 6.07 Å². The number of hydrogen-bond acceptors (Lipinski definition) is 7. The summed E-state index contributed by atoms with van der Waals surface area (Å²) in [5.74, 6) is 0.456. The molecule has 0 saturated carbocycles. The van der Waals surface area contributed by atoms with Crippen LogP contribution in [0, 0.1) is 0 Å². The fraction of sp³-hybridized carbons (Fsp3) is 0.167. The Bertz CT molecular complexity index is 1270. The summed E-state index contributed by atoms with van der Waals surface area (Å²) >= 11 is 2.50. The second-order valence-electron chi connectivity index (χ2n) is 7.00. The van der Waals surface area contributed by atoms with Gasteiger partial charge in [-0.2, -0.15) is 0 Å². The lowest BCUT2D eigenvalue weighted by molar-refractivity contribution is -0.115. The van der Waals surface area contributed by atoms with Gasteiger partial charge in [0.2, 0.25) is 16.9 Å². The monoisotopic (exact) mass is 478 g/mol. The van der Waals surface area contributed by atoms with Gasteiger partial charge in [0.1, 0.15) is 5.75 Å². The molecule has 0 radical (unpaired) electrons. The fourth-order valence-corrected chi connectivity index (χ4v) is 4.83. The van der Waals surface area contributed by atoms with Crippen LogP contribution in [0.15, 0.2) is 71.1 Å². The molecule has 2 N–H and O–H groups in total. The van der Waals surface area contributed by atoms with E-state index in [0.717, 1.165) is 16.3 Å². The SMILES string of the molecule is CCOc1ccccc1NC(=O)CSc1nnc(NC(=O)Cc2cccc3ccccc23)s1. The van der Waals surface area contributed by atoms with E-state index < -0.39 is 0 Å². The van der Waals surface area contributed by atoms with Gasteiger partial charge in [0, 0.05) is 0 Å². The first-order valence-electron chi connectivity index (χ1n) is 10.4. The summed E-state index contributed by atoms with van der Waals surface area (Å²) in [6.45, 7) is 2.41. The number of rotatable bonds is 9. The van der Waals surface area contributed by atoms with Crippen LogP contribution in [0.3, 0.4) is 0 Å². The van der Waals surface area contributed by atoms with Crippen molar-refractivity contribution < 1.29 is 14.3 Å². The first-order valence-corrected chi connectivity index (χ1v) is 12.2. The molecule has 0 bridgehead atoms. The normalized spacial score (nSPS) is 10.7. The number of carbonyl (C=O) groups excluding carboxylic acids is 2. The van der Waals surface area contributed by atoms with Crippen LogP contribution in [0.1, 0.15) is 12.5 Å². The molecule has 0 unspecified atom stereocenters. The third-order valence-corrected chi connectivity index (χ3v) is 6.64. The summed E-state index contributed by atoms with van der Waals surface area (Å²) in [6.07, 6.45) is 0.241. The Balaban J connectivity index is 1.30. The summed E-state index contributed by atoms with van der Waals surface area (Å²) in [4.78, 5) is 24.9. The van der Waals surface area contributed by atoms with Gasteiger partial charge in [0.05, 0.1) is 24.5 Å². The van der Waals surface area contributed by atoms with Crippen LogP contribution in [-0.4, -0.2) is 34.4 Å². The van der Waals surface area contributed by atoms with Crippen LogP contribution in [-0.2, 0) is 16.0 Å². The summed E-state index contributed by atoms with van der Waals surface area (Å²) in [5.41, 5.74) is 1.58. The molecule has 0 aliphatic carbocycles. The maximum Gasteiger partial charge on any atom is 0.234 e. The smallest absolute Gasteiger partial charge is 0.234 e. The fourth-order valence-electron chi connectivity index (χ4n) is 3.27. The van der Waals surface area contributed by atoms with Crippen LogP contribution in [0.4, 0.5) is 10.8 Å². The molecule has 168 valence electrons. The molecule has 7 nitrogen and oxygen atoms in total. The molecule has 2 amide bonds. The minimum Gasteiger partial charge on any atom is -0.492 e. The molecule has 3 aromatic carbocycles. The molecular weight excluding hydrogens is 456 g/mol. The topological polar surface area (TPSA) is 93.2 Å². The number of aromatic nitrogens is 2. The van der Waals surface area contributed by atoms with Crippen molar-refractivity contribution in [2.45, 2.75) is 17.7 Å². The van der Waals surface area contributed by atoms with E-state index in [1.165, 1.54) is 23.1 Å². The quantitative estimate of drug-likeness (QED) is 0.260. The number of amides is 2. The summed E-state index contributed by atoms with van der Waals surface area (Å²) in [5, 5.41) is 16.3. The van der Waals surface area contributed by atoms with E-state index in [0.29, 0.717) is 27.5 Å². The van der Waals surface area contributed by atoms with Gasteiger partial charge >= 0.3 is 0 Å². The molecule has 1 aromatic heterocycles. The average Bonchev–Trinajstić information content (AvgIpc) is 3.26. The van der Waals surface area contributed by atoms with Crippen molar-refractivity contribution in [3.05, 3.63) is 72.3 Å². The van der Waals surface area contributed by atoms with Crippen molar-refractivity contribution in [3.8, 4) is 5.75 Å². The van der Waals surface area contributed by atoms with Gasteiger partial charge in [-0.25, -0.2) is 0 Å². The summed E-state index contributed by atoms with van der Waals surface area (Å²) < 4.78 is 6.13. The highest BCUT2D eigenvalue weighted by atomic mass is 32.2. The average molecular weight is 479 g/mol. The lowest BCUT2D eigenvalue weighted by Crippen LogP contribution is -2.14. The van der Waals surface area contributed by atoms with E-state index in [4.69, 9.17) is 4.74 Å². The Morgan fingerprint density at radius 1 is 0.939 bits per heavy atom. The molecular formula is C24H22N4O3S2. The Morgan fingerprint density at radius 3 is 2.61 bits per heavy atom. The van der Waals surface area contributed by atoms with E-state index in [-0.39, 0.29) is 24.0 Å². The molecule has 33 heavy (non-hydrogen) atoms. The van der Waals surface area contributed by atoms with Gasteiger partial charge in [-0.1, -0.05) is 77.7 Å². The van der Waals surface area contributed by atoms with Gasteiger partial charge in [0.25, 0.3) is 0 Å². The highest BCUT2D eigenvalue weighted by molar-refractivity contribution is 8.01. The number of para-hydroxylation sites is 2. The van der Waals surface area contributed by atoms with Gasteiger partial charge < -0.3 is 15.4 Å². The number of hydrogen-bond donors (Lipinski definition) is 2. The number of anilines is 2. The van der Waals surface area contributed by atoms with E-state index in [9.17, 15) is 9.59 Å². The van der Waals surface area contributed by atoms with Crippen molar-refractivity contribution in [1.29, 1.82) is 0 Å². The van der Waals surface area contributed by atoms with Crippen LogP contribution in [0.5, 0.6) is 5.75 Å². The van der Waals surface area contributed by atoms with Crippen molar-refractivity contribution >= 4 is 56.5 Å². The number of ether oxygens (including phenoxy) is 1. The Morgan fingerprint density at radius 2 is 1.73 bits per heavy atom. The second-order valence-corrected chi connectivity index (χ2v) is 9.20. The molecule has 4 rings (SSSR count). The molecule has 0 saturated heterocycles. The van der Waals surface area contributed by atoms with E-state index in [1.807, 2.05) is 67.6 Å². The first-order chi connectivity index (χ1) is 16.1. The van der Waals surface area contributed by atoms with Crippen molar-refractivity contribution in [2.24, 2.45) is 0 Å². The lowest BCUT2D eigenvalue weighted by atomic mass is 10.0. The zero-order valence-electron chi connectivity index (χ0n) is 17.9. The van der Waals surface area contributed by atoms with Gasteiger partial charge in [-0.3, -0.25) is 9.59 Å². The molecule has 0 spiro atoms. The predicted molar refractivity (Wildman–Crippen MR) is 133 cm³/mol. The molecule has 4 aromatic rings.